The number of rotatable bonds is 3. The quantitative estimate of drug-likeness (QED) is 0.499. The fraction of sp³-hybridized carbons (Fsp3) is 0.250. The molecule has 0 unspecified atom stereocenters. The molecule has 0 aromatic heterocycles. The maximum Gasteiger partial charge on any atom is 0.428 e. The van der Waals surface area contributed by atoms with Gasteiger partial charge in [-0.3, -0.25) is 0 Å². The number of benzene rings is 1. The number of ether oxygens (including phenoxy) is 1. The summed E-state index contributed by atoms with van der Waals surface area (Å²) in [5.74, 6) is -0.0898. The Morgan fingerprint density at radius 3 is 2.06 bits per heavy atom. The van der Waals surface area contributed by atoms with Gasteiger partial charge in [0.05, 0.1) is 7.14 Å². The maximum atomic E-state index is 13.0. The van der Waals surface area contributed by atoms with Gasteiger partial charge in [0.1, 0.15) is 11.5 Å². The van der Waals surface area contributed by atoms with Crippen molar-refractivity contribution in [2.45, 2.75) is 10.9 Å². The Balaban J connectivity index is 2.99. The number of aromatic hydroxyl groups is 1. The maximum absolute atomic E-state index is 13.0. The van der Waals surface area contributed by atoms with Gasteiger partial charge in [0.15, 0.2) is 0 Å². The molecule has 0 spiro atoms. The van der Waals surface area contributed by atoms with Crippen LogP contribution in [0.25, 0.3) is 0 Å². The first kappa shape index (κ1) is 14.8. The number of halogens is 6. The van der Waals surface area contributed by atoms with Crippen molar-refractivity contribution in [2.75, 3.05) is 0 Å². The van der Waals surface area contributed by atoms with Crippen LogP contribution >= 0.6 is 68.4 Å². The monoisotopic (exact) mass is 494 g/mol. The largest absolute Gasteiger partial charge is 0.506 e. The highest BCUT2D eigenvalue weighted by atomic mass is 127. The van der Waals surface area contributed by atoms with E-state index in [1.54, 1.807) is 45.2 Å². The average molecular weight is 495 g/mol. The third kappa shape index (κ3) is 3.61. The second-order valence-electron chi connectivity index (χ2n) is 2.70. The predicted molar refractivity (Wildman–Crippen MR) is 74.6 cm³/mol. The molecule has 0 fully saturated rings. The third-order valence-electron chi connectivity index (χ3n) is 1.50. The summed E-state index contributed by atoms with van der Waals surface area (Å²) < 4.78 is 31.2. The molecule has 16 heavy (non-hydrogen) atoms. The molecule has 0 aliphatic rings. The molecule has 90 valence electrons. The Morgan fingerprint density at radius 2 is 1.69 bits per heavy atom. The van der Waals surface area contributed by atoms with Crippen molar-refractivity contribution in [2.24, 2.45) is 0 Å². The predicted octanol–water partition coefficient (Wildman–Crippen LogP) is 4.38. The summed E-state index contributed by atoms with van der Waals surface area (Å²) in [6.07, 6.45) is -3.67. The normalized spacial score (nSPS) is 11.9. The molecule has 2 nitrogen and oxygen atoms in total. The van der Waals surface area contributed by atoms with Crippen LogP contribution in [0, 0.1) is 7.14 Å². The van der Waals surface area contributed by atoms with Crippen LogP contribution in [0.5, 0.6) is 11.5 Å². The molecule has 1 rings (SSSR count). The number of hydrogen-bond acceptors (Lipinski definition) is 2. The number of hydrogen-bond donors (Lipinski definition) is 1. The second-order valence-corrected chi connectivity index (χ2v) is 6.12. The van der Waals surface area contributed by atoms with Crippen LogP contribution in [0.1, 0.15) is 0 Å². The molecule has 0 amide bonds. The van der Waals surface area contributed by atoms with E-state index < -0.39 is 10.9 Å². The minimum Gasteiger partial charge on any atom is -0.506 e. The van der Waals surface area contributed by atoms with Gasteiger partial charge >= 0.3 is 6.11 Å². The van der Waals surface area contributed by atoms with Crippen LogP contribution in [-0.4, -0.2) is 16.1 Å². The van der Waals surface area contributed by atoms with Crippen LogP contribution in [0.4, 0.5) is 8.78 Å². The van der Waals surface area contributed by atoms with Gasteiger partial charge in [-0.2, -0.15) is 8.78 Å². The molecule has 0 aliphatic heterocycles. The van der Waals surface area contributed by atoms with Crippen molar-refractivity contribution in [3.05, 3.63) is 19.3 Å². The molecule has 0 radical (unpaired) electrons. The Morgan fingerprint density at radius 1 is 1.25 bits per heavy atom. The summed E-state index contributed by atoms with van der Waals surface area (Å²) in [7, 11) is 0. The van der Waals surface area contributed by atoms with Gasteiger partial charge in [-0.05, 0) is 57.3 Å². The van der Waals surface area contributed by atoms with Crippen molar-refractivity contribution in [1.29, 1.82) is 0 Å². The summed E-state index contributed by atoms with van der Waals surface area (Å²) in [5.41, 5.74) is 0. The third-order valence-corrected chi connectivity index (χ3v) is 3.65. The molecule has 1 N–H and O–H groups in total. The van der Waals surface area contributed by atoms with E-state index in [0.29, 0.717) is 7.14 Å². The van der Waals surface area contributed by atoms with E-state index in [2.05, 4.69) is 4.74 Å². The van der Waals surface area contributed by atoms with Crippen molar-refractivity contribution >= 4 is 68.4 Å². The zero-order valence-electron chi connectivity index (χ0n) is 7.36. The molecule has 0 saturated heterocycles. The number of alkyl halides is 4. The van der Waals surface area contributed by atoms with Crippen molar-refractivity contribution in [3.8, 4) is 11.5 Å². The van der Waals surface area contributed by atoms with Crippen LogP contribution in [-0.2, 0) is 0 Å². The molecular formula is C8H4Cl2F2I2O2. The standard InChI is InChI=1S/C8H4Cl2F2I2O2/c9-7(10)8(11,12)16-3-1-4(13)6(15)5(14)2-3/h1-2,7,15H. The van der Waals surface area contributed by atoms with Gasteiger partial charge in [-0.25, -0.2) is 0 Å². The van der Waals surface area contributed by atoms with Crippen molar-refractivity contribution in [3.63, 3.8) is 0 Å². The highest BCUT2D eigenvalue weighted by molar-refractivity contribution is 14.1. The average Bonchev–Trinajstić information content (AvgIpc) is 2.13. The molecule has 1 aromatic carbocycles. The van der Waals surface area contributed by atoms with Gasteiger partial charge in [-0.15, -0.1) is 0 Å². The Kier molecular flexibility index (Phi) is 5.15. The van der Waals surface area contributed by atoms with E-state index in [1.165, 1.54) is 12.1 Å². The van der Waals surface area contributed by atoms with E-state index in [4.69, 9.17) is 23.2 Å². The first-order valence-electron chi connectivity index (χ1n) is 3.77. The van der Waals surface area contributed by atoms with Crippen molar-refractivity contribution < 1.29 is 18.6 Å². The van der Waals surface area contributed by atoms with Gasteiger partial charge in [0.25, 0.3) is 0 Å². The van der Waals surface area contributed by atoms with Crippen LogP contribution in [0.2, 0.25) is 0 Å². The lowest BCUT2D eigenvalue weighted by Gasteiger charge is -2.19. The summed E-state index contributed by atoms with van der Waals surface area (Å²) in [4.78, 5) is -1.96. The van der Waals surface area contributed by atoms with E-state index in [-0.39, 0.29) is 11.5 Å². The first-order valence-corrected chi connectivity index (χ1v) is 6.80. The van der Waals surface area contributed by atoms with Gasteiger partial charge in [-0.1, -0.05) is 23.2 Å². The molecule has 0 heterocycles. The highest BCUT2D eigenvalue weighted by Gasteiger charge is 2.40. The lowest BCUT2D eigenvalue weighted by Crippen LogP contribution is -2.32. The number of phenolic OH excluding ortho intramolecular Hbond substituents is 1. The van der Waals surface area contributed by atoms with Crippen LogP contribution in [0.15, 0.2) is 12.1 Å². The van der Waals surface area contributed by atoms with Crippen LogP contribution < -0.4 is 4.74 Å². The molecule has 0 bridgehead atoms. The molecule has 0 aliphatic carbocycles. The summed E-state index contributed by atoms with van der Waals surface area (Å²) in [6.45, 7) is 0. The fourth-order valence-corrected chi connectivity index (χ4v) is 2.60. The number of phenols is 1. The molecular weight excluding hydrogens is 491 g/mol. The zero-order chi connectivity index (χ0) is 12.5. The van der Waals surface area contributed by atoms with E-state index in [1.807, 2.05) is 0 Å². The molecule has 1 aromatic rings. The van der Waals surface area contributed by atoms with Gasteiger partial charge < -0.3 is 9.84 Å². The minimum atomic E-state index is -3.67. The highest BCUT2D eigenvalue weighted by Crippen LogP contribution is 2.35. The lowest BCUT2D eigenvalue weighted by molar-refractivity contribution is -0.163. The fourth-order valence-electron chi connectivity index (χ4n) is 0.803. The van der Waals surface area contributed by atoms with E-state index >= 15 is 0 Å². The Bertz CT molecular complexity index is 379. The summed E-state index contributed by atoms with van der Waals surface area (Å²) >= 11 is 13.7. The smallest absolute Gasteiger partial charge is 0.428 e. The molecule has 0 saturated carbocycles. The van der Waals surface area contributed by atoms with Gasteiger partial charge in [0.2, 0.25) is 4.84 Å². The Labute approximate surface area is 128 Å². The second kappa shape index (κ2) is 5.57. The van der Waals surface area contributed by atoms with E-state index in [0.717, 1.165) is 0 Å². The minimum absolute atomic E-state index is 0.0187. The lowest BCUT2D eigenvalue weighted by atomic mass is 10.3. The van der Waals surface area contributed by atoms with E-state index in [9.17, 15) is 13.9 Å². The summed E-state index contributed by atoms with van der Waals surface area (Å²) in [5, 5.41) is 9.43. The van der Waals surface area contributed by atoms with Crippen molar-refractivity contribution in [1.82, 2.24) is 0 Å². The summed E-state index contributed by atoms with van der Waals surface area (Å²) in [6, 6.07) is 2.53. The zero-order valence-corrected chi connectivity index (χ0v) is 13.2. The van der Waals surface area contributed by atoms with Gasteiger partial charge in [0, 0.05) is 0 Å². The topological polar surface area (TPSA) is 29.5 Å². The molecule has 8 heteroatoms. The Hall–Kier alpha value is 0.720. The SMILES string of the molecule is Oc1c(I)cc(OC(F)(F)C(Cl)Cl)cc1I. The first-order chi connectivity index (χ1) is 7.24. The molecule has 0 atom stereocenters. The van der Waals surface area contributed by atoms with Crippen LogP contribution in [0.3, 0.4) is 0 Å².